The smallest absolute Gasteiger partial charge is 0.250 e. The zero-order valence-electron chi connectivity index (χ0n) is 20.1. The summed E-state index contributed by atoms with van der Waals surface area (Å²) in [6.45, 7) is 11.2. The highest BCUT2D eigenvalue weighted by molar-refractivity contribution is 5.94. The molecule has 182 valence electrons. The van der Waals surface area contributed by atoms with Crippen LogP contribution in [-0.2, 0) is 22.6 Å². The molecule has 1 amide bonds. The molecule has 2 N–H and O–H groups in total. The van der Waals surface area contributed by atoms with E-state index in [0.29, 0.717) is 24.7 Å². The number of nitrogens with one attached hydrogen (secondary N) is 1. The highest BCUT2D eigenvalue weighted by Gasteiger charge is 2.19. The number of aliphatic hydroxyl groups is 1. The minimum absolute atomic E-state index is 0.122. The van der Waals surface area contributed by atoms with Crippen molar-refractivity contribution in [1.82, 2.24) is 5.32 Å². The molecule has 2 aromatic carbocycles. The number of carbonyl (C=O) groups excluding carboxylic acids is 1. The van der Waals surface area contributed by atoms with Gasteiger partial charge in [0, 0.05) is 12.2 Å². The first-order valence-electron chi connectivity index (χ1n) is 10.8. The van der Waals surface area contributed by atoms with Gasteiger partial charge in [0.05, 0.1) is 32.4 Å². The molecule has 0 unspecified atom stereocenters. The molecule has 0 saturated heterocycles. The number of allylic oxidation sites excluding steroid dienone is 2. The second-order valence-corrected chi connectivity index (χ2v) is 7.61. The first-order chi connectivity index (χ1) is 16.2. The summed E-state index contributed by atoms with van der Waals surface area (Å²) < 4.78 is 30.4. The number of methoxy groups -OCH3 is 2. The van der Waals surface area contributed by atoms with E-state index in [9.17, 15) is 14.3 Å². The number of hydrogen-bond acceptors (Lipinski definition) is 5. The zero-order valence-corrected chi connectivity index (χ0v) is 20.1. The summed E-state index contributed by atoms with van der Waals surface area (Å²) in [5.74, 6) is -0.281. The number of ether oxygens (including phenoxy) is 3. The Kier molecular flexibility index (Phi) is 9.89. The Labute approximate surface area is 200 Å². The van der Waals surface area contributed by atoms with Crippen LogP contribution in [0.3, 0.4) is 0 Å². The van der Waals surface area contributed by atoms with Gasteiger partial charge in [-0.3, -0.25) is 4.79 Å². The van der Waals surface area contributed by atoms with E-state index in [1.165, 1.54) is 6.92 Å². The van der Waals surface area contributed by atoms with Crippen molar-refractivity contribution >= 4 is 5.91 Å². The molecule has 34 heavy (non-hydrogen) atoms. The van der Waals surface area contributed by atoms with Gasteiger partial charge < -0.3 is 24.6 Å². The number of benzene rings is 2. The van der Waals surface area contributed by atoms with Gasteiger partial charge in [-0.15, -0.1) is 0 Å². The molecule has 0 aliphatic heterocycles. The molecule has 0 heterocycles. The second-order valence-electron chi connectivity index (χ2n) is 7.61. The van der Waals surface area contributed by atoms with Gasteiger partial charge in [-0.05, 0) is 55.2 Å². The van der Waals surface area contributed by atoms with Crippen molar-refractivity contribution in [3.63, 3.8) is 0 Å². The molecule has 0 bridgehead atoms. The molecule has 0 aliphatic rings. The minimum atomic E-state index is -0.784. The van der Waals surface area contributed by atoms with Crippen LogP contribution in [0.25, 0.3) is 11.1 Å². The number of rotatable bonds is 12. The van der Waals surface area contributed by atoms with Gasteiger partial charge in [0.15, 0.2) is 0 Å². The largest absolute Gasteiger partial charge is 0.511 e. The predicted octanol–water partition coefficient (Wildman–Crippen LogP) is 5.44. The Morgan fingerprint density at radius 2 is 1.74 bits per heavy atom. The molecule has 2 aromatic rings. The SMILES string of the molecule is C=C/C(F)=C(\C)C(=O)N[C@@H](Cc1ccc(-c2c(OC)cc(COCC)cc2OC)cc1)C(=C)O. The van der Waals surface area contributed by atoms with Crippen LogP contribution in [-0.4, -0.2) is 37.9 Å². The number of carbonyl (C=O) groups is 1. The average Bonchev–Trinajstić information content (AvgIpc) is 2.85. The minimum Gasteiger partial charge on any atom is -0.511 e. The van der Waals surface area contributed by atoms with Crippen LogP contribution < -0.4 is 14.8 Å². The molecule has 6 nitrogen and oxygen atoms in total. The Morgan fingerprint density at radius 1 is 1.15 bits per heavy atom. The number of amides is 1. The third-order valence-electron chi connectivity index (χ3n) is 5.31. The van der Waals surface area contributed by atoms with Crippen molar-refractivity contribution in [3.8, 4) is 22.6 Å². The van der Waals surface area contributed by atoms with E-state index in [4.69, 9.17) is 14.2 Å². The van der Waals surface area contributed by atoms with E-state index in [1.54, 1.807) is 14.2 Å². The summed E-state index contributed by atoms with van der Waals surface area (Å²) in [4.78, 5) is 12.3. The lowest BCUT2D eigenvalue weighted by atomic mass is 9.97. The molecular weight excluding hydrogens is 437 g/mol. The first-order valence-corrected chi connectivity index (χ1v) is 10.8. The Balaban J connectivity index is 2.29. The maximum atomic E-state index is 13.7. The van der Waals surface area contributed by atoms with E-state index < -0.39 is 17.8 Å². The lowest BCUT2D eigenvalue weighted by Crippen LogP contribution is -2.38. The molecule has 0 saturated carbocycles. The summed E-state index contributed by atoms with van der Waals surface area (Å²) >= 11 is 0. The van der Waals surface area contributed by atoms with Gasteiger partial charge >= 0.3 is 0 Å². The molecule has 0 spiro atoms. The number of aliphatic hydroxyl groups excluding tert-OH is 1. The third kappa shape index (κ3) is 6.71. The lowest BCUT2D eigenvalue weighted by molar-refractivity contribution is -0.118. The van der Waals surface area contributed by atoms with Crippen molar-refractivity contribution in [2.75, 3.05) is 20.8 Å². The van der Waals surface area contributed by atoms with Crippen LogP contribution in [0, 0.1) is 0 Å². The molecule has 0 radical (unpaired) electrons. The normalized spacial score (nSPS) is 12.4. The van der Waals surface area contributed by atoms with Gasteiger partial charge in [0.2, 0.25) is 5.91 Å². The number of hydrogen-bond donors (Lipinski definition) is 2. The maximum absolute atomic E-state index is 13.7. The maximum Gasteiger partial charge on any atom is 0.250 e. The van der Waals surface area contributed by atoms with Crippen LogP contribution in [0.2, 0.25) is 0 Å². The van der Waals surface area contributed by atoms with Crippen LogP contribution in [0.1, 0.15) is 25.0 Å². The Morgan fingerprint density at radius 3 is 2.21 bits per heavy atom. The Bertz CT molecular complexity index is 1030. The average molecular weight is 470 g/mol. The van der Waals surface area contributed by atoms with Crippen LogP contribution in [0.5, 0.6) is 11.5 Å². The van der Waals surface area contributed by atoms with Crippen LogP contribution >= 0.6 is 0 Å². The fourth-order valence-corrected chi connectivity index (χ4v) is 3.38. The van der Waals surface area contributed by atoms with Gasteiger partial charge in [0.1, 0.15) is 23.1 Å². The van der Waals surface area contributed by atoms with Gasteiger partial charge in [-0.25, -0.2) is 4.39 Å². The Hall–Kier alpha value is -3.58. The van der Waals surface area contributed by atoms with Crippen molar-refractivity contribution in [2.45, 2.75) is 32.9 Å². The van der Waals surface area contributed by atoms with Gasteiger partial charge in [-0.2, -0.15) is 0 Å². The van der Waals surface area contributed by atoms with E-state index in [-0.39, 0.29) is 17.8 Å². The molecular formula is C27H32FNO5. The molecule has 0 aromatic heterocycles. The summed E-state index contributed by atoms with van der Waals surface area (Å²) in [7, 11) is 3.20. The number of halogens is 1. The van der Waals surface area contributed by atoms with Crippen LogP contribution in [0.4, 0.5) is 4.39 Å². The standard InChI is InChI=1S/C27H32FNO5/c1-7-22(28)17(3)27(31)29-23(18(4)30)13-19-9-11-21(12-10-19)26-24(32-5)14-20(16-34-8-2)15-25(26)33-6/h7,9-12,14-15,23,30H,1,4,8,13,16H2,2-3,5-6H3,(H,29,31)/b22-17-/t23-/m0/s1. The monoisotopic (exact) mass is 469 g/mol. The molecule has 0 aliphatic carbocycles. The quantitative estimate of drug-likeness (QED) is 0.246. The highest BCUT2D eigenvalue weighted by atomic mass is 19.1. The summed E-state index contributed by atoms with van der Waals surface area (Å²) in [6, 6.07) is 10.6. The fourth-order valence-electron chi connectivity index (χ4n) is 3.38. The van der Waals surface area contributed by atoms with Crippen molar-refractivity contribution in [3.05, 3.63) is 83.9 Å². The molecule has 7 heteroatoms. The fraction of sp³-hybridized carbons (Fsp3) is 0.296. The van der Waals surface area contributed by atoms with Gasteiger partial charge in [-0.1, -0.05) is 37.4 Å². The van der Waals surface area contributed by atoms with Crippen molar-refractivity contribution in [1.29, 1.82) is 0 Å². The second kappa shape index (κ2) is 12.6. The predicted molar refractivity (Wildman–Crippen MR) is 132 cm³/mol. The van der Waals surface area contributed by atoms with Gasteiger partial charge in [0.25, 0.3) is 0 Å². The summed E-state index contributed by atoms with van der Waals surface area (Å²) in [5, 5.41) is 12.6. The van der Waals surface area contributed by atoms with E-state index in [1.807, 2.05) is 43.3 Å². The molecule has 0 fully saturated rings. The van der Waals surface area contributed by atoms with E-state index in [2.05, 4.69) is 18.5 Å². The first kappa shape index (κ1) is 26.7. The summed E-state index contributed by atoms with van der Waals surface area (Å²) in [6.07, 6.45) is 1.23. The third-order valence-corrected chi connectivity index (χ3v) is 5.31. The summed E-state index contributed by atoms with van der Waals surface area (Å²) in [5.41, 5.74) is 3.32. The van der Waals surface area contributed by atoms with E-state index >= 15 is 0 Å². The zero-order chi connectivity index (χ0) is 25.3. The topological polar surface area (TPSA) is 77.0 Å². The molecule has 2 rings (SSSR count). The molecule has 1 atom stereocenters. The van der Waals surface area contributed by atoms with E-state index in [0.717, 1.165) is 28.3 Å². The van der Waals surface area contributed by atoms with Crippen molar-refractivity contribution < 1.29 is 28.5 Å². The lowest BCUT2D eigenvalue weighted by Gasteiger charge is -2.19. The highest BCUT2D eigenvalue weighted by Crippen LogP contribution is 2.40. The van der Waals surface area contributed by atoms with Crippen LogP contribution in [0.15, 0.2) is 72.8 Å². The van der Waals surface area contributed by atoms with Crippen molar-refractivity contribution in [2.24, 2.45) is 0 Å².